The van der Waals surface area contributed by atoms with Crippen LogP contribution in [0.25, 0.3) is 11.3 Å². The molecule has 0 aliphatic rings. The highest BCUT2D eigenvalue weighted by Crippen LogP contribution is 2.29. The molecule has 0 bridgehead atoms. The lowest BCUT2D eigenvalue weighted by molar-refractivity contribution is -0.137. The molecule has 0 atom stereocenters. The van der Waals surface area contributed by atoms with Gasteiger partial charge in [-0.05, 0) is 29.5 Å². The van der Waals surface area contributed by atoms with Gasteiger partial charge in [-0.2, -0.15) is 28.7 Å². The molecule has 0 unspecified atom stereocenters. The van der Waals surface area contributed by atoms with Gasteiger partial charge >= 0.3 is 6.18 Å². The van der Waals surface area contributed by atoms with Crippen molar-refractivity contribution in [1.29, 1.82) is 5.26 Å². The summed E-state index contributed by atoms with van der Waals surface area (Å²) < 4.78 is 38.9. The van der Waals surface area contributed by atoms with Gasteiger partial charge in [0.15, 0.2) is 0 Å². The summed E-state index contributed by atoms with van der Waals surface area (Å²) in [6.07, 6.45) is -1.37. The smallest absolute Gasteiger partial charge is 0.360 e. The largest absolute Gasteiger partial charge is 0.419 e. The quantitative estimate of drug-likeness (QED) is 0.702. The van der Waals surface area contributed by atoms with Gasteiger partial charge in [0.05, 0.1) is 17.4 Å². The molecule has 11 heteroatoms. The number of nitrogens with one attached hydrogen (secondary N) is 2. The number of anilines is 1. The first-order chi connectivity index (χ1) is 12.0. The summed E-state index contributed by atoms with van der Waals surface area (Å²) in [6.45, 7) is 0. The van der Waals surface area contributed by atoms with E-state index >= 15 is 0 Å². The van der Waals surface area contributed by atoms with Crippen LogP contribution in [-0.2, 0) is 6.18 Å². The Morgan fingerprint density at radius 3 is 2.60 bits per heavy atom. The monoisotopic (exact) mass is 346 g/mol. The Hall–Kier alpha value is -3.68. The van der Waals surface area contributed by atoms with Crippen LogP contribution in [-0.4, -0.2) is 30.4 Å². The Balaban J connectivity index is 1.75. The molecular weight excluding hydrogens is 337 g/mol. The Kier molecular flexibility index (Phi) is 4.17. The number of aromatic amines is 1. The fraction of sp³-hybridized carbons (Fsp3) is 0.0714. The number of halogens is 3. The van der Waals surface area contributed by atoms with Gasteiger partial charge in [0.2, 0.25) is 5.82 Å². The van der Waals surface area contributed by atoms with Gasteiger partial charge in [-0.15, -0.1) is 10.2 Å². The number of nitrogens with zero attached hydrogens (tertiary/aromatic N) is 6. The van der Waals surface area contributed by atoms with E-state index in [4.69, 9.17) is 5.26 Å². The number of aromatic nitrogens is 6. The van der Waals surface area contributed by atoms with Crippen molar-refractivity contribution >= 4 is 11.3 Å². The maximum atomic E-state index is 12.6. The number of benzene rings is 1. The topological polar surface area (TPSA) is 108 Å². The molecule has 0 saturated heterocycles. The molecule has 2 N–H and O–H groups in total. The molecular formula is C14H9F3N8. The average molecular weight is 346 g/mol. The van der Waals surface area contributed by atoms with Gasteiger partial charge in [-0.25, -0.2) is 4.68 Å². The second kappa shape index (κ2) is 6.44. The number of tetrazole rings is 1. The van der Waals surface area contributed by atoms with Gasteiger partial charge in [-0.1, -0.05) is 0 Å². The summed E-state index contributed by atoms with van der Waals surface area (Å²) in [7, 11) is 0. The maximum absolute atomic E-state index is 12.6. The zero-order chi connectivity index (χ0) is 17.9. The minimum Gasteiger partial charge on any atom is -0.360 e. The molecule has 25 heavy (non-hydrogen) atoms. The summed E-state index contributed by atoms with van der Waals surface area (Å²) >= 11 is 0. The predicted octanol–water partition coefficient (Wildman–Crippen LogP) is 2.38. The first kappa shape index (κ1) is 16.2. The molecule has 8 nitrogen and oxygen atoms in total. The highest BCUT2D eigenvalue weighted by atomic mass is 19.4. The second-order valence-electron chi connectivity index (χ2n) is 4.77. The van der Waals surface area contributed by atoms with Crippen LogP contribution >= 0.6 is 0 Å². The lowest BCUT2D eigenvalue weighted by Gasteiger charge is -2.05. The lowest BCUT2D eigenvalue weighted by atomic mass is 10.2. The van der Waals surface area contributed by atoms with Crippen molar-refractivity contribution in [1.82, 2.24) is 30.4 Å². The molecule has 0 fully saturated rings. The van der Waals surface area contributed by atoms with Gasteiger partial charge < -0.3 is 5.32 Å². The molecule has 0 spiro atoms. The van der Waals surface area contributed by atoms with Crippen LogP contribution in [0.15, 0.2) is 42.9 Å². The molecule has 0 aliphatic heterocycles. The molecule has 0 saturated carbocycles. The molecule has 3 rings (SSSR count). The van der Waals surface area contributed by atoms with E-state index in [9.17, 15) is 13.2 Å². The first-order valence-corrected chi connectivity index (χ1v) is 6.80. The number of hydrogen-bond acceptors (Lipinski definition) is 6. The van der Waals surface area contributed by atoms with Crippen LogP contribution in [0.1, 0.15) is 11.4 Å². The summed E-state index contributed by atoms with van der Waals surface area (Å²) in [5.74, 6) is 0.142. The van der Waals surface area contributed by atoms with E-state index in [1.165, 1.54) is 6.20 Å². The van der Waals surface area contributed by atoms with Crippen LogP contribution in [0.3, 0.4) is 0 Å². The number of nitriles is 1. The van der Waals surface area contributed by atoms with Crippen LogP contribution < -0.4 is 5.32 Å². The van der Waals surface area contributed by atoms with Gasteiger partial charge in [0, 0.05) is 18.1 Å². The third kappa shape index (κ3) is 3.63. The summed E-state index contributed by atoms with van der Waals surface area (Å²) in [5, 5.41) is 28.6. The fourth-order valence-electron chi connectivity index (χ4n) is 1.90. The van der Waals surface area contributed by atoms with Crippen LogP contribution in [0, 0.1) is 11.3 Å². The van der Waals surface area contributed by atoms with E-state index in [-0.39, 0.29) is 11.4 Å². The Bertz CT molecular complexity index is 916. The average Bonchev–Trinajstić information content (AvgIpc) is 3.27. The minimum atomic E-state index is -4.44. The van der Waals surface area contributed by atoms with Crippen LogP contribution in [0.4, 0.5) is 18.9 Å². The molecule has 0 aliphatic carbocycles. The lowest BCUT2D eigenvalue weighted by Crippen LogP contribution is -2.03. The van der Waals surface area contributed by atoms with E-state index in [1.54, 1.807) is 24.3 Å². The molecule has 1 aromatic carbocycles. The van der Waals surface area contributed by atoms with E-state index in [0.29, 0.717) is 11.4 Å². The molecule has 0 radical (unpaired) electrons. The molecule has 2 heterocycles. The predicted molar refractivity (Wildman–Crippen MR) is 80.0 cm³/mol. The van der Waals surface area contributed by atoms with Crippen LogP contribution in [0.5, 0.6) is 0 Å². The third-order valence-corrected chi connectivity index (χ3v) is 3.13. The van der Waals surface area contributed by atoms with Crippen molar-refractivity contribution in [3.63, 3.8) is 0 Å². The van der Waals surface area contributed by atoms with Crippen molar-refractivity contribution < 1.29 is 13.2 Å². The SMILES string of the molecule is N#CC(=CNc1ccc(-n2cc(C(F)(F)F)cn2)cc1)c1nn[nH]n1. The Morgan fingerprint density at radius 2 is 2.04 bits per heavy atom. The fourth-order valence-corrected chi connectivity index (χ4v) is 1.90. The zero-order valence-corrected chi connectivity index (χ0v) is 12.4. The van der Waals surface area contributed by atoms with Crippen molar-refractivity contribution in [3.05, 3.63) is 54.2 Å². The summed E-state index contributed by atoms with van der Waals surface area (Å²) in [4.78, 5) is 0. The normalized spacial score (nSPS) is 12.0. The second-order valence-corrected chi connectivity index (χ2v) is 4.77. The Labute approximate surface area is 138 Å². The van der Waals surface area contributed by atoms with E-state index in [0.717, 1.165) is 17.1 Å². The summed E-state index contributed by atoms with van der Waals surface area (Å²) in [6, 6.07) is 8.36. The van der Waals surface area contributed by atoms with E-state index in [1.807, 2.05) is 6.07 Å². The van der Waals surface area contributed by atoms with Gasteiger partial charge in [0.1, 0.15) is 11.6 Å². The van der Waals surface area contributed by atoms with Crippen LogP contribution in [0.2, 0.25) is 0 Å². The van der Waals surface area contributed by atoms with Crippen molar-refractivity contribution in [2.24, 2.45) is 0 Å². The van der Waals surface area contributed by atoms with Crippen molar-refractivity contribution in [2.75, 3.05) is 5.32 Å². The van der Waals surface area contributed by atoms with Crippen molar-refractivity contribution in [3.8, 4) is 11.8 Å². The number of H-pyrrole nitrogens is 1. The molecule has 126 valence electrons. The molecule has 3 aromatic rings. The zero-order valence-electron chi connectivity index (χ0n) is 12.4. The first-order valence-electron chi connectivity index (χ1n) is 6.80. The molecule has 0 amide bonds. The number of hydrogen-bond donors (Lipinski definition) is 2. The highest BCUT2D eigenvalue weighted by molar-refractivity contribution is 5.74. The maximum Gasteiger partial charge on any atom is 0.419 e. The standard InChI is InChI=1S/C14H9F3N8/c15-14(16,17)10-7-20-25(8-10)12-3-1-11(2-4-12)19-6-9(5-18)13-21-23-24-22-13/h1-4,6-8,19H,(H,21,22,23,24). The number of allylic oxidation sites excluding steroid dienone is 1. The van der Waals surface area contributed by atoms with E-state index in [2.05, 4.69) is 31.0 Å². The third-order valence-electron chi connectivity index (χ3n) is 3.13. The van der Waals surface area contributed by atoms with E-state index < -0.39 is 11.7 Å². The van der Waals surface area contributed by atoms with Gasteiger partial charge in [-0.3, -0.25) is 0 Å². The minimum absolute atomic E-state index is 0.142. The Morgan fingerprint density at radius 1 is 1.28 bits per heavy atom. The summed E-state index contributed by atoms with van der Waals surface area (Å²) in [5.41, 5.74) is 0.419. The van der Waals surface area contributed by atoms with Crippen molar-refractivity contribution in [2.45, 2.75) is 6.18 Å². The highest BCUT2D eigenvalue weighted by Gasteiger charge is 2.32. The molecule has 2 aromatic heterocycles. The number of alkyl halides is 3. The van der Waals surface area contributed by atoms with Gasteiger partial charge in [0.25, 0.3) is 0 Å². The number of rotatable bonds is 4.